The van der Waals surface area contributed by atoms with E-state index >= 15 is 0 Å². The van der Waals surface area contributed by atoms with Crippen LogP contribution >= 0.6 is 11.6 Å². The Hall–Kier alpha value is -1.48. The number of alkyl halides is 1. The molecule has 0 aliphatic rings. The van der Waals surface area contributed by atoms with Crippen molar-refractivity contribution in [1.29, 1.82) is 0 Å². The molecular weight excluding hydrogens is 250 g/mol. The second-order valence-corrected chi connectivity index (χ2v) is 4.32. The summed E-state index contributed by atoms with van der Waals surface area (Å²) in [6.07, 6.45) is 3.78. The van der Waals surface area contributed by atoms with Gasteiger partial charge in [0.1, 0.15) is 0 Å². The number of rotatable bonds is 7. The van der Waals surface area contributed by atoms with E-state index in [1.54, 1.807) is 6.08 Å². The first-order valence-corrected chi connectivity index (χ1v) is 6.52. The molecule has 0 bridgehead atoms. The topological polar surface area (TPSA) is 40.5 Å². The Kier molecular flexibility index (Phi) is 6.29. The van der Waals surface area contributed by atoms with Crippen molar-refractivity contribution in [2.75, 3.05) is 23.9 Å². The zero-order valence-electron chi connectivity index (χ0n) is 10.5. The molecule has 1 rings (SSSR count). The van der Waals surface area contributed by atoms with Gasteiger partial charge in [-0.1, -0.05) is 19.1 Å². The van der Waals surface area contributed by atoms with Gasteiger partial charge in [0, 0.05) is 30.7 Å². The van der Waals surface area contributed by atoms with Crippen molar-refractivity contribution < 1.29 is 9.90 Å². The van der Waals surface area contributed by atoms with E-state index in [9.17, 15) is 4.79 Å². The Bertz CT molecular complexity index is 395. The molecular formula is C14H18ClNO2. The summed E-state index contributed by atoms with van der Waals surface area (Å²) in [4.78, 5) is 12.6. The molecule has 0 unspecified atom stereocenters. The molecule has 0 fully saturated rings. The summed E-state index contributed by atoms with van der Waals surface area (Å²) in [6, 6.07) is 7.80. The van der Waals surface area contributed by atoms with Crippen molar-refractivity contribution in [1.82, 2.24) is 0 Å². The van der Waals surface area contributed by atoms with E-state index in [1.165, 1.54) is 0 Å². The fourth-order valence-corrected chi connectivity index (χ4v) is 1.91. The van der Waals surface area contributed by atoms with Crippen molar-refractivity contribution in [2.45, 2.75) is 13.3 Å². The van der Waals surface area contributed by atoms with Crippen molar-refractivity contribution in [3.8, 4) is 0 Å². The highest BCUT2D eigenvalue weighted by Crippen LogP contribution is 2.16. The Balaban J connectivity index is 2.76. The largest absolute Gasteiger partial charge is 0.478 e. The van der Waals surface area contributed by atoms with Crippen LogP contribution in [0.5, 0.6) is 0 Å². The predicted molar refractivity (Wildman–Crippen MR) is 76.3 cm³/mol. The Morgan fingerprint density at radius 2 is 2.00 bits per heavy atom. The first-order chi connectivity index (χ1) is 8.67. The van der Waals surface area contributed by atoms with Crippen LogP contribution in [0.25, 0.3) is 6.08 Å². The minimum Gasteiger partial charge on any atom is -0.478 e. The van der Waals surface area contributed by atoms with Gasteiger partial charge < -0.3 is 10.0 Å². The van der Waals surface area contributed by atoms with Crippen LogP contribution in [0.2, 0.25) is 0 Å². The number of anilines is 1. The monoisotopic (exact) mass is 267 g/mol. The smallest absolute Gasteiger partial charge is 0.328 e. The molecule has 98 valence electrons. The van der Waals surface area contributed by atoms with Crippen LogP contribution in [-0.2, 0) is 4.79 Å². The van der Waals surface area contributed by atoms with E-state index < -0.39 is 5.97 Å². The van der Waals surface area contributed by atoms with Gasteiger partial charge in [-0.3, -0.25) is 0 Å². The second kappa shape index (κ2) is 7.77. The highest BCUT2D eigenvalue weighted by molar-refractivity contribution is 6.18. The summed E-state index contributed by atoms with van der Waals surface area (Å²) in [6.45, 7) is 3.92. The van der Waals surface area contributed by atoms with Crippen LogP contribution in [0.1, 0.15) is 18.9 Å². The van der Waals surface area contributed by atoms with E-state index in [0.717, 1.165) is 36.8 Å². The number of carbonyl (C=O) groups is 1. The molecule has 0 heterocycles. The molecule has 0 atom stereocenters. The summed E-state index contributed by atoms with van der Waals surface area (Å²) in [5.41, 5.74) is 1.99. The highest BCUT2D eigenvalue weighted by Gasteiger charge is 2.03. The van der Waals surface area contributed by atoms with Gasteiger partial charge in [0.15, 0.2) is 0 Å². The Morgan fingerprint density at radius 1 is 1.33 bits per heavy atom. The van der Waals surface area contributed by atoms with Gasteiger partial charge in [0.05, 0.1) is 0 Å². The molecule has 0 radical (unpaired) electrons. The molecule has 1 aromatic carbocycles. The van der Waals surface area contributed by atoms with Gasteiger partial charge >= 0.3 is 5.97 Å². The third-order valence-electron chi connectivity index (χ3n) is 2.52. The summed E-state index contributed by atoms with van der Waals surface area (Å²) in [5.74, 6) is -0.338. The van der Waals surface area contributed by atoms with Crippen LogP contribution in [0, 0.1) is 0 Å². The quantitative estimate of drug-likeness (QED) is 0.609. The Labute approximate surface area is 113 Å². The van der Waals surface area contributed by atoms with E-state index in [4.69, 9.17) is 16.7 Å². The molecule has 0 saturated carbocycles. The highest BCUT2D eigenvalue weighted by atomic mass is 35.5. The lowest BCUT2D eigenvalue weighted by Gasteiger charge is -2.23. The molecule has 1 N–H and O–H groups in total. The molecule has 0 aliphatic heterocycles. The van der Waals surface area contributed by atoms with Crippen molar-refractivity contribution in [3.63, 3.8) is 0 Å². The average Bonchev–Trinajstić information content (AvgIpc) is 2.37. The summed E-state index contributed by atoms with van der Waals surface area (Å²) >= 11 is 5.78. The standard InChI is InChI=1S/C14H18ClNO2/c1-2-10-16(11-9-15)13-6-3-12(4-7-13)5-8-14(17)18/h3-8H,2,9-11H2,1H3,(H,17,18). The number of aliphatic carboxylic acids is 1. The molecule has 0 amide bonds. The van der Waals surface area contributed by atoms with Gasteiger partial charge in [-0.05, 0) is 30.2 Å². The fraction of sp³-hybridized carbons (Fsp3) is 0.357. The maximum absolute atomic E-state index is 10.4. The summed E-state index contributed by atoms with van der Waals surface area (Å²) in [5, 5.41) is 8.55. The van der Waals surface area contributed by atoms with Crippen LogP contribution in [-0.4, -0.2) is 30.0 Å². The SMILES string of the molecule is CCCN(CCCl)c1ccc(C=CC(=O)O)cc1. The minimum atomic E-state index is -0.936. The molecule has 0 saturated heterocycles. The van der Waals surface area contributed by atoms with Crippen LogP contribution in [0.3, 0.4) is 0 Å². The lowest BCUT2D eigenvalue weighted by atomic mass is 10.2. The molecule has 4 heteroatoms. The predicted octanol–water partition coefficient (Wildman–Crippen LogP) is 3.24. The van der Waals surface area contributed by atoms with Gasteiger partial charge in [-0.2, -0.15) is 0 Å². The van der Waals surface area contributed by atoms with Crippen LogP contribution < -0.4 is 4.90 Å². The number of carboxylic acid groups (broad SMARTS) is 1. The zero-order valence-corrected chi connectivity index (χ0v) is 11.2. The van der Waals surface area contributed by atoms with E-state index in [2.05, 4.69) is 11.8 Å². The van der Waals surface area contributed by atoms with Crippen molar-refractivity contribution in [2.24, 2.45) is 0 Å². The van der Waals surface area contributed by atoms with Crippen LogP contribution in [0.15, 0.2) is 30.3 Å². The zero-order chi connectivity index (χ0) is 13.4. The molecule has 0 spiro atoms. The number of benzene rings is 1. The van der Waals surface area contributed by atoms with Gasteiger partial charge in [0.2, 0.25) is 0 Å². The van der Waals surface area contributed by atoms with E-state index in [1.807, 2.05) is 24.3 Å². The fourth-order valence-electron chi connectivity index (χ4n) is 1.71. The third kappa shape index (κ3) is 4.80. The first-order valence-electron chi connectivity index (χ1n) is 5.99. The number of hydrogen-bond donors (Lipinski definition) is 1. The van der Waals surface area contributed by atoms with Gasteiger partial charge in [-0.15, -0.1) is 11.6 Å². The number of nitrogens with zero attached hydrogens (tertiary/aromatic N) is 1. The summed E-state index contributed by atoms with van der Waals surface area (Å²) in [7, 11) is 0. The lowest BCUT2D eigenvalue weighted by Crippen LogP contribution is -2.26. The minimum absolute atomic E-state index is 0.598. The lowest BCUT2D eigenvalue weighted by molar-refractivity contribution is -0.131. The maximum atomic E-state index is 10.4. The molecule has 1 aromatic rings. The number of carboxylic acids is 1. The molecule has 0 aliphatic carbocycles. The molecule has 0 aromatic heterocycles. The number of halogens is 1. The van der Waals surface area contributed by atoms with Crippen LogP contribution in [0.4, 0.5) is 5.69 Å². The maximum Gasteiger partial charge on any atom is 0.328 e. The van der Waals surface area contributed by atoms with Gasteiger partial charge in [0.25, 0.3) is 0 Å². The van der Waals surface area contributed by atoms with Gasteiger partial charge in [-0.25, -0.2) is 4.79 Å². The first kappa shape index (κ1) is 14.6. The normalized spacial score (nSPS) is 10.8. The summed E-state index contributed by atoms with van der Waals surface area (Å²) < 4.78 is 0. The van der Waals surface area contributed by atoms with Crippen molar-refractivity contribution in [3.05, 3.63) is 35.9 Å². The van der Waals surface area contributed by atoms with Crippen molar-refractivity contribution >= 4 is 29.3 Å². The van der Waals surface area contributed by atoms with E-state index in [-0.39, 0.29) is 0 Å². The average molecular weight is 268 g/mol. The Morgan fingerprint density at radius 3 is 2.50 bits per heavy atom. The second-order valence-electron chi connectivity index (χ2n) is 3.94. The third-order valence-corrected chi connectivity index (χ3v) is 2.69. The molecule has 3 nitrogen and oxygen atoms in total. The number of hydrogen-bond acceptors (Lipinski definition) is 2. The van der Waals surface area contributed by atoms with E-state index in [0.29, 0.717) is 5.88 Å². The molecule has 18 heavy (non-hydrogen) atoms.